The van der Waals surface area contributed by atoms with E-state index in [-0.39, 0.29) is 0 Å². The first kappa shape index (κ1) is 19.7. The second-order valence-electron chi connectivity index (χ2n) is 6.28. The molecule has 28 heavy (non-hydrogen) atoms. The molecule has 1 aliphatic heterocycles. The maximum Gasteiger partial charge on any atom is 0.203 e. The topological polar surface area (TPSA) is 55.8 Å². The van der Waals surface area contributed by atoms with Crippen LogP contribution in [0, 0.1) is 0 Å². The van der Waals surface area contributed by atoms with Gasteiger partial charge in [-0.05, 0) is 24.3 Å². The first-order valence-corrected chi connectivity index (χ1v) is 9.17. The van der Waals surface area contributed by atoms with Crippen molar-refractivity contribution in [3.8, 4) is 23.0 Å². The van der Waals surface area contributed by atoms with E-state index in [9.17, 15) is 0 Å². The van der Waals surface area contributed by atoms with Crippen molar-refractivity contribution in [1.29, 1.82) is 0 Å². The standard InChI is InChI=1S/C21H27N3O4/c1-25-18-8-6-5-7-17(18)23-11-13-24(14-12-23)22-15-16-9-10-19(26-2)21(28-4)20(16)27-3/h5-10,15H,11-14H2,1-4H3/b22-15-. The number of hydrogen-bond acceptors (Lipinski definition) is 7. The highest BCUT2D eigenvalue weighted by molar-refractivity contribution is 5.86. The van der Waals surface area contributed by atoms with Crippen LogP contribution in [-0.4, -0.2) is 65.8 Å². The number of benzene rings is 2. The summed E-state index contributed by atoms with van der Waals surface area (Å²) in [5, 5.41) is 6.70. The van der Waals surface area contributed by atoms with Gasteiger partial charge in [0.25, 0.3) is 0 Å². The van der Waals surface area contributed by atoms with Crippen LogP contribution in [0.1, 0.15) is 5.56 Å². The molecule has 1 saturated heterocycles. The molecule has 0 atom stereocenters. The molecule has 0 bridgehead atoms. The lowest BCUT2D eigenvalue weighted by molar-refractivity contribution is 0.271. The van der Waals surface area contributed by atoms with E-state index in [1.807, 2.05) is 30.3 Å². The van der Waals surface area contributed by atoms with Crippen molar-refractivity contribution in [2.24, 2.45) is 5.10 Å². The van der Waals surface area contributed by atoms with Gasteiger partial charge in [-0.15, -0.1) is 0 Å². The van der Waals surface area contributed by atoms with Gasteiger partial charge in [-0.25, -0.2) is 0 Å². The summed E-state index contributed by atoms with van der Waals surface area (Å²) in [5.41, 5.74) is 1.96. The third-order valence-corrected chi connectivity index (χ3v) is 4.78. The fourth-order valence-electron chi connectivity index (χ4n) is 3.31. The third-order valence-electron chi connectivity index (χ3n) is 4.78. The quantitative estimate of drug-likeness (QED) is 0.683. The number of anilines is 1. The van der Waals surface area contributed by atoms with Gasteiger partial charge in [-0.1, -0.05) is 12.1 Å². The molecular formula is C21H27N3O4. The van der Waals surface area contributed by atoms with Gasteiger partial charge >= 0.3 is 0 Å². The summed E-state index contributed by atoms with van der Waals surface area (Å²) >= 11 is 0. The van der Waals surface area contributed by atoms with E-state index in [4.69, 9.17) is 18.9 Å². The minimum Gasteiger partial charge on any atom is -0.495 e. The van der Waals surface area contributed by atoms with Crippen molar-refractivity contribution in [2.45, 2.75) is 0 Å². The Bertz CT molecular complexity index is 817. The zero-order chi connectivity index (χ0) is 19.9. The van der Waals surface area contributed by atoms with Crippen LogP contribution < -0.4 is 23.8 Å². The largest absolute Gasteiger partial charge is 0.495 e. The molecule has 7 nitrogen and oxygen atoms in total. The molecule has 3 rings (SSSR count). The lowest BCUT2D eigenvalue weighted by Crippen LogP contribution is -2.44. The van der Waals surface area contributed by atoms with Crippen LogP contribution in [0.2, 0.25) is 0 Å². The molecule has 0 N–H and O–H groups in total. The molecule has 1 aliphatic rings. The number of para-hydroxylation sites is 2. The highest BCUT2D eigenvalue weighted by atomic mass is 16.5. The Balaban J connectivity index is 1.69. The van der Waals surface area contributed by atoms with Crippen LogP contribution in [0.15, 0.2) is 41.5 Å². The smallest absolute Gasteiger partial charge is 0.203 e. The SMILES string of the molecule is COc1ccccc1N1CCN(/N=C\c2ccc(OC)c(OC)c2OC)CC1. The van der Waals surface area contributed by atoms with E-state index in [0.29, 0.717) is 17.2 Å². The van der Waals surface area contributed by atoms with Crippen LogP contribution in [0.3, 0.4) is 0 Å². The Morgan fingerprint density at radius 2 is 1.43 bits per heavy atom. The normalized spacial score (nSPS) is 14.3. The molecule has 1 fully saturated rings. The maximum atomic E-state index is 5.51. The molecule has 0 amide bonds. The predicted molar refractivity (Wildman–Crippen MR) is 110 cm³/mol. The molecule has 0 unspecified atom stereocenters. The highest BCUT2D eigenvalue weighted by Gasteiger charge is 2.19. The van der Waals surface area contributed by atoms with Crippen molar-refractivity contribution in [2.75, 3.05) is 59.5 Å². The number of hydrazone groups is 1. The number of hydrogen-bond donors (Lipinski definition) is 0. The average molecular weight is 385 g/mol. The van der Waals surface area contributed by atoms with E-state index in [2.05, 4.69) is 21.1 Å². The number of rotatable bonds is 7. The van der Waals surface area contributed by atoms with E-state index in [1.54, 1.807) is 34.7 Å². The summed E-state index contributed by atoms with van der Waals surface area (Å²) in [6.07, 6.45) is 1.81. The third kappa shape index (κ3) is 4.08. The minimum absolute atomic E-state index is 0.565. The van der Waals surface area contributed by atoms with Crippen LogP contribution in [0.25, 0.3) is 0 Å². The second kappa shape index (κ2) is 9.21. The van der Waals surface area contributed by atoms with E-state index in [1.165, 1.54) is 0 Å². The van der Waals surface area contributed by atoms with E-state index < -0.39 is 0 Å². The van der Waals surface area contributed by atoms with Crippen molar-refractivity contribution in [3.05, 3.63) is 42.0 Å². The van der Waals surface area contributed by atoms with Gasteiger partial charge < -0.3 is 23.8 Å². The lowest BCUT2D eigenvalue weighted by Gasteiger charge is -2.35. The molecule has 0 saturated carbocycles. The second-order valence-corrected chi connectivity index (χ2v) is 6.28. The zero-order valence-electron chi connectivity index (χ0n) is 16.8. The number of ether oxygens (including phenoxy) is 4. The summed E-state index contributed by atoms with van der Waals surface area (Å²) in [7, 11) is 6.52. The first-order valence-electron chi connectivity index (χ1n) is 9.17. The summed E-state index contributed by atoms with van der Waals surface area (Å²) in [5.74, 6) is 2.70. The summed E-state index contributed by atoms with van der Waals surface area (Å²) < 4.78 is 21.7. The van der Waals surface area contributed by atoms with Crippen LogP contribution in [0.4, 0.5) is 5.69 Å². The zero-order valence-corrected chi connectivity index (χ0v) is 16.8. The Morgan fingerprint density at radius 1 is 0.750 bits per heavy atom. The molecule has 0 aliphatic carbocycles. The van der Waals surface area contributed by atoms with Crippen LogP contribution >= 0.6 is 0 Å². The molecule has 150 valence electrons. The predicted octanol–water partition coefficient (Wildman–Crippen LogP) is 2.88. The highest BCUT2D eigenvalue weighted by Crippen LogP contribution is 2.39. The molecule has 0 radical (unpaired) electrons. The Labute approximate surface area is 166 Å². The van der Waals surface area contributed by atoms with Crippen molar-refractivity contribution >= 4 is 11.9 Å². The van der Waals surface area contributed by atoms with Crippen LogP contribution in [-0.2, 0) is 0 Å². The van der Waals surface area contributed by atoms with Gasteiger partial charge in [-0.3, -0.25) is 5.01 Å². The maximum absolute atomic E-state index is 5.51. The lowest BCUT2D eigenvalue weighted by atomic mass is 10.2. The van der Waals surface area contributed by atoms with Crippen molar-refractivity contribution < 1.29 is 18.9 Å². The van der Waals surface area contributed by atoms with Gasteiger partial charge in [0.15, 0.2) is 11.5 Å². The summed E-state index contributed by atoms with van der Waals surface area (Å²) in [6, 6.07) is 11.9. The van der Waals surface area contributed by atoms with Crippen molar-refractivity contribution in [1.82, 2.24) is 5.01 Å². The summed E-state index contributed by atoms with van der Waals surface area (Å²) in [6.45, 7) is 3.40. The van der Waals surface area contributed by atoms with Gasteiger partial charge in [-0.2, -0.15) is 5.10 Å². The minimum atomic E-state index is 0.565. The molecule has 0 aromatic heterocycles. The molecule has 1 heterocycles. The molecule has 2 aromatic carbocycles. The fraction of sp³-hybridized carbons (Fsp3) is 0.381. The molecular weight excluding hydrogens is 358 g/mol. The Hall–Kier alpha value is -3.09. The average Bonchev–Trinajstić information content (AvgIpc) is 2.77. The number of methoxy groups -OCH3 is 4. The fourth-order valence-corrected chi connectivity index (χ4v) is 3.31. The molecule has 2 aromatic rings. The Kier molecular flexibility index (Phi) is 6.47. The number of piperazine rings is 1. The van der Waals surface area contributed by atoms with E-state index >= 15 is 0 Å². The van der Waals surface area contributed by atoms with Gasteiger partial charge in [0.1, 0.15) is 5.75 Å². The summed E-state index contributed by atoms with van der Waals surface area (Å²) in [4.78, 5) is 2.32. The van der Waals surface area contributed by atoms with E-state index in [0.717, 1.165) is 43.2 Å². The first-order chi connectivity index (χ1) is 13.7. The molecule has 7 heteroatoms. The number of nitrogens with zero attached hydrogens (tertiary/aromatic N) is 3. The van der Waals surface area contributed by atoms with Crippen molar-refractivity contribution in [3.63, 3.8) is 0 Å². The monoisotopic (exact) mass is 385 g/mol. The Morgan fingerprint density at radius 3 is 2.07 bits per heavy atom. The van der Waals surface area contributed by atoms with Gasteiger partial charge in [0, 0.05) is 18.7 Å². The van der Waals surface area contributed by atoms with Crippen LogP contribution in [0.5, 0.6) is 23.0 Å². The van der Waals surface area contributed by atoms with Gasteiger partial charge in [0.2, 0.25) is 5.75 Å². The van der Waals surface area contributed by atoms with Gasteiger partial charge in [0.05, 0.1) is 53.4 Å². The molecule has 0 spiro atoms.